The van der Waals surface area contributed by atoms with Crippen molar-refractivity contribution in [3.8, 4) is 0 Å². The molecule has 0 aliphatic heterocycles. The molecular formula is C21H40N6O2. The molecule has 29 heavy (non-hydrogen) atoms. The minimum absolute atomic E-state index is 0.0556. The number of carbonyl (C=O) groups is 1. The summed E-state index contributed by atoms with van der Waals surface area (Å²) in [6.07, 6.45) is 2.36. The van der Waals surface area contributed by atoms with E-state index < -0.39 is 11.7 Å². The van der Waals surface area contributed by atoms with E-state index in [0.29, 0.717) is 6.54 Å². The van der Waals surface area contributed by atoms with Crippen LogP contribution in [0.4, 0.5) is 4.79 Å². The summed E-state index contributed by atoms with van der Waals surface area (Å²) in [5, 5.41) is 14.0. The van der Waals surface area contributed by atoms with Gasteiger partial charge in [-0.3, -0.25) is 9.67 Å². The van der Waals surface area contributed by atoms with Crippen LogP contribution in [0.15, 0.2) is 11.1 Å². The summed E-state index contributed by atoms with van der Waals surface area (Å²) in [7, 11) is 0. The van der Waals surface area contributed by atoms with Gasteiger partial charge in [-0.25, -0.2) is 4.79 Å². The Bertz CT molecular complexity index is 648. The number of nitrogens with zero attached hydrogens (tertiary/aromatic N) is 3. The van der Waals surface area contributed by atoms with Gasteiger partial charge in [-0.1, -0.05) is 13.3 Å². The number of rotatable bonds is 10. The Labute approximate surface area is 175 Å². The Hall–Kier alpha value is -2.25. The maximum atomic E-state index is 12.1. The van der Waals surface area contributed by atoms with Crippen molar-refractivity contribution in [2.75, 3.05) is 19.6 Å². The predicted octanol–water partition coefficient (Wildman–Crippen LogP) is 3.14. The molecule has 0 aromatic carbocycles. The van der Waals surface area contributed by atoms with Gasteiger partial charge in [-0.15, -0.1) is 0 Å². The third-order valence-corrected chi connectivity index (χ3v) is 4.11. The highest BCUT2D eigenvalue weighted by molar-refractivity contribution is 5.79. The fourth-order valence-electron chi connectivity index (χ4n) is 2.91. The lowest BCUT2D eigenvalue weighted by Gasteiger charge is -2.23. The van der Waals surface area contributed by atoms with Crippen LogP contribution in [0.2, 0.25) is 0 Å². The predicted molar refractivity (Wildman–Crippen MR) is 118 cm³/mol. The van der Waals surface area contributed by atoms with Crippen molar-refractivity contribution in [3.05, 3.63) is 17.5 Å². The molecule has 166 valence electrons. The Kier molecular flexibility index (Phi) is 10.5. The minimum atomic E-state index is -0.508. The first kappa shape index (κ1) is 24.8. The number of amides is 1. The van der Waals surface area contributed by atoms with Crippen LogP contribution in [-0.4, -0.2) is 53.1 Å². The van der Waals surface area contributed by atoms with E-state index in [2.05, 4.69) is 46.0 Å². The first-order chi connectivity index (χ1) is 13.6. The molecule has 1 unspecified atom stereocenters. The fourth-order valence-corrected chi connectivity index (χ4v) is 2.91. The molecule has 0 saturated carbocycles. The topological polar surface area (TPSA) is 92.6 Å². The number of hydrogen-bond acceptors (Lipinski definition) is 4. The minimum Gasteiger partial charge on any atom is -0.444 e. The molecule has 0 fully saturated rings. The molecule has 0 spiro atoms. The molecule has 0 saturated heterocycles. The summed E-state index contributed by atoms with van der Waals surface area (Å²) >= 11 is 0. The van der Waals surface area contributed by atoms with Crippen molar-refractivity contribution < 1.29 is 9.53 Å². The zero-order valence-corrected chi connectivity index (χ0v) is 19.3. The highest BCUT2D eigenvalue weighted by atomic mass is 16.6. The Morgan fingerprint density at radius 3 is 2.55 bits per heavy atom. The molecule has 1 atom stereocenters. The summed E-state index contributed by atoms with van der Waals surface area (Å²) in [6.45, 7) is 16.7. The van der Waals surface area contributed by atoms with E-state index in [4.69, 9.17) is 4.74 Å². The van der Waals surface area contributed by atoms with Gasteiger partial charge in [0, 0.05) is 25.3 Å². The number of guanidine groups is 1. The van der Waals surface area contributed by atoms with E-state index >= 15 is 0 Å². The summed E-state index contributed by atoms with van der Waals surface area (Å²) < 4.78 is 7.39. The van der Waals surface area contributed by atoms with Crippen molar-refractivity contribution in [1.29, 1.82) is 0 Å². The molecule has 1 amide bonds. The third-order valence-electron chi connectivity index (χ3n) is 4.11. The van der Waals surface area contributed by atoms with Gasteiger partial charge in [0.25, 0.3) is 0 Å². The van der Waals surface area contributed by atoms with E-state index in [1.165, 1.54) is 5.69 Å². The second-order valence-corrected chi connectivity index (χ2v) is 8.28. The van der Waals surface area contributed by atoms with Crippen molar-refractivity contribution in [1.82, 2.24) is 25.7 Å². The second-order valence-electron chi connectivity index (χ2n) is 8.28. The first-order valence-electron chi connectivity index (χ1n) is 10.7. The molecule has 8 nitrogen and oxygen atoms in total. The first-order valence-corrected chi connectivity index (χ1v) is 10.7. The van der Waals surface area contributed by atoms with Gasteiger partial charge >= 0.3 is 6.09 Å². The van der Waals surface area contributed by atoms with Crippen molar-refractivity contribution in [2.24, 2.45) is 4.99 Å². The molecule has 1 rings (SSSR count). The van der Waals surface area contributed by atoms with Crippen molar-refractivity contribution in [3.63, 3.8) is 0 Å². The molecule has 1 aromatic heterocycles. The lowest BCUT2D eigenvalue weighted by Crippen LogP contribution is -2.42. The van der Waals surface area contributed by atoms with Crippen molar-refractivity contribution in [2.45, 2.75) is 85.9 Å². The smallest absolute Gasteiger partial charge is 0.407 e. The van der Waals surface area contributed by atoms with Crippen LogP contribution in [0, 0.1) is 13.8 Å². The van der Waals surface area contributed by atoms with E-state index in [-0.39, 0.29) is 6.04 Å². The highest BCUT2D eigenvalue weighted by Crippen LogP contribution is 2.08. The normalized spacial score (nSPS) is 13.1. The largest absolute Gasteiger partial charge is 0.444 e. The van der Waals surface area contributed by atoms with Gasteiger partial charge < -0.3 is 20.7 Å². The summed E-state index contributed by atoms with van der Waals surface area (Å²) in [6, 6.07) is 2.03. The molecule has 3 N–H and O–H groups in total. The molecule has 0 aliphatic rings. The Balaban J connectivity index is 2.53. The summed E-state index contributed by atoms with van der Waals surface area (Å²) in [5.74, 6) is 0.757. The Morgan fingerprint density at radius 2 is 2.00 bits per heavy atom. The van der Waals surface area contributed by atoms with E-state index in [1.807, 2.05) is 39.3 Å². The molecule has 0 bridgehead atoms. The van der Waals surface area contributed by atoms with Gasteiger partial charge in [0.05, 0.1) is 18.3 Å². The zero-order chi connectivity index (χ0) is 21.9. The van der Waals surface area contributed by atoms with Crippen LogP contribution in [-0.2, 0) is 11.3 Å². The fraction of sp³-hybridized carbons (Fsp3) is 0.762. The number of nitrogens with one attached hydrogen (secondary N) is 3. The maximum Gasteiger partial charge on any atom is 0.407 e. The lowest BCUT2D eigenvalue weighted by atomic mass is 10.1. The number of aryl methyl sites for hydroxylation is 3. The summed E-state index contributed by atoms with van der Waals surface area (Å²) in [4.78, 5) is 16.7. The zero-order valence-electron chi connectivity index (χ0n) is 19.3. The molecule has 1 heterocycles. The third kappa shape index (κ3) is 10.8. The number of alkyl carbamates (subject to hydrolysis) is 1. The number of hydrogen-bond donors (Lipinski definition) is 3. The lowest BCUT2D eigenvalue weighted by molar-refractivity contribution is 0.0503. The number of carbonyl (C=O) groups excluding carboxylic acids is 1. The van der Waals surface area contributed by atoms with Crippen LogP contribution in [0.3, 0.4) is 0 Å². The van der Waals surface area contributed by atoms with Gasteiger partial charge in [-0.2, -0.15) is 5.10 Å². The van der Waals surface area contributed by atoms with E-state index in [0.717, 1.165) is 50.6 Å². The molecule has 1 aromatic rings. The quantitative estimate of drug-likeness (QED) is 0.314. The monoisotopic (exact) mass is 408 g/mol. The van der Waals surface area contributed by atoms with Crippen LogP contribution in [0.25, 0.3) is 0 Å². The van der Waals surface area contributed by atoms with Gasteiger partial charge in [0.1, 0.15) is 5.60 Å². The molecule has 0 radical (unpaired) electrons. The van der Waals surface area contributed by atoms with Crippen LogP contribution < -0.4 is 16.0 Å². The van der Waals surface area contributed by atoms with Gasteiger partial charge in [0.2, 0.25) is 0 Å². The van der Waals surface area contributed by atoms with Gasteiger partial charge in [-0.05, 0) is 60.5 Å². The van der Waals surface area contributed by atoms with Crippen LogP contribution >= 0.6 is 0 Å². The Morgan fingerprint density at radius 1 is 1.28 bits per heavy atom. The SMILES string of the molecule is CCCC(CN=C(NCC)NCCCn1nc(C)cc1C)NC(=O)OC(C)(C)C. The highest BCUT2D eigenvalue weighted by Gasteiger charge is 2.19. The van der Waals surface area contributed by atoms with Crippen LogP contribution in [0.1, 0.15) is 65.3 Å². The molecule has 8 heteroatoms. The molecule has 0 aliphatic carbocycles. The van der Waals surface area contributed by atoms with Crippen molar-refractivity contribution >= 4 is 12.1 Å². The average Bonchev–Trinajstić information content (AvgIpc) is 2.92. The van der Waals surface area contributed by atoms with Gasteiger partial charge in [0.15, 0.2) is 5.96 Å². The maximum absolute atomic E-state index is 12.1. The standard InChI is InChI=1S/C21H40N6O2/c1-8-11-18(25-20(28)29-21(5,6)7)15-24-19(22-9-2)23-12-10-13-27-17(4)14-16(3)26-27/h14,18H,8-13,15H2,1-7H3,(H,25,28)(H2,22,23,24). The number of ether oxygens (including phenoxy) is 1. The number of aliphatic imine (C=N–C) groups is 1. The average molecular weight is 409 g/mol. The second kappa shape index (κ2) is 12.3. The number of aromatic nitrogens is 2. The molecular weight excluding hydrogens is 368 g/mol. The van der Waals surface area contributed by atoms with Crippen LogP contribution in [0.5, 0.6) is 0 Å². The summed E-state index contributed by atoms with van der Waals surface area (Å²) in [5.41, 5.74) is 1.72. The van der Waals surface area contributed by atoms with E-state index in [9.17, 15) is 4.79 Å². The van der Waals surface area contributed by atoms with E-state index in [1.54, 1.807) is 0 Å².